The molecule has 0 aromatic heterocycles. The van der Waals surface area contributed by atoms with E-state index in [2.05, 4.69) is 4.74 Å². The minimum atomic E-state index is -4.93. The molecule has 0 saturated carbocycles. The van der Waals surface area contributed by atoms with Crippen LogP contribution in [0.5, 0.6) is 0 Å². The van der Waals surface area contributed by atoms with Gasteiger partial charge in [-0.2, -0.15) is 13.2 Å². The molecule has 6 heteroatoms. The minimum Gasteiger partial charge on any atom is -0.459 e. The van der Waals surface area contributed by atoms with Gasteiger partial charge in [-0.05, 0) is 19.3 Å². The van der Waals surface area contributed by atoms with Crippen molar-refractivity contribution in [1.29, 1.82) is 0 Å². The van der Waals surface area contributed by atoms with Crippen LogP contribution in [0.1, 0.15) is 45.4 Å². The summed E-state index contributed by atoms with van der Waals surface area (Å²) in [5, 5.41) is 0. The number of carbonyl (C=O) groups is 2. The second-order valence-corrected chi connectivity index (χ2v) is 3.73. The van der Waals surface area contributed by atoms with Crippen LogP contribution in [0.3, 0.4) is 0 Å². The Balaban J connectivity index is 3.47. The molecule has 0 N–H and O–H groups in total. The Hall–Kier alpha value is -1.07. The molecule has 0 saturated heterocycles. The standard InChI is InChI=1S/C11H17F3O3/c1-2-3-6-9(15)7-4-5-8-17-10(16)11(12,13)14/h2-8H2,1H3. The van der Waals surface area contributed by atoms with Crippen molar-refractivity contribution < 1.29 is 27.5 Å². The Morgan fingerprint density at radius 3 is 2.18 bits per heavy atom. The lowest BCUT2D eigenvalue weighted by atomic mass is 10.1. The lowest BCUT2D eigenvalue weighted by Crippen LogP contribution is -2.25. The first-order chi connectivity index (χ1) is 7.88. The number of Topliss-reactive ketones (excluding diaryl/α,β-unsaturated/α-hetero) is 1. The number of ketones is 1. The number of ether oxygens (including phenoxy) is 1. The zero-order valence-electron chi connectivity index (χ0n) is 9.81. The van der Waals surface area contributed by atoms with Crippen molar-refractivity contribution in [3.63, 3.8) is 0 Å². The number of unbranched alkanes of at least 4 members (excludes halogenated alkanes) is 2. The second-order valence-electron chi connectivity index (χ2n) is 3.73. The summed E-state index contributed by atoms with van der Waals surface area (Å²) < 4.78 is 39.1. The van der Waals surface area contributed by atoms with Crippen molar-refractivity contribution >= 4 is 11.8 Å². The van der Waals surface area contributed by atoms with Gasteiger partial charge in [0.2, 0.25) is 0 Å². The highest BCUT2D eigenvalue weighted by Gasteiger charge is 2.40. The van der Waals surface area contributed by atoms with Crippen LogP contribution < -0.4 is 0 Å². The van der Waals surface area contributed by atoms with Gasteiger partial charge in [0.15, 0.2) is 0 Å². The summed E-state index contributed by atoms with van der Waals surface area (Å²) >= 11 is 0. The van der Waals surface area contributed by atoms with Crippen LogP contribution in [-0.4, -0.2) is 24.5 Å². The van der Waals surface area contributed by atoms with Crippen LogP contribution in [0.4, 0.5) is 13.2 Å². The summed E-state index contributed by atoms with van der Waals surface area (Å²) in [5.74, 6) is -2.07. The zero-order valence-corrected chi connectivity index (χ0v) is 9.81. The van der Waals surface area contributed by atoms with Crippen LogP contribution in [-0.2, 0) is 14.3 Å². The molecule has 0 atom stereocenters. The molecule has 0 rings (SSSR count). The highest BCUT2D eigenvalue weighted by Crippen LogP contribution is 2.16. The van der Waals surface area contributed by atoms with Crippen LogP contribution in [0.15, 0.2) is 0 Å². The molecule has 0 aliphatic heterocycles. The second kappa shape index (κ2) is 8.08. The molecule has 0 bridgehead atoms. The van der Waals surface area contributed by atoms with E-state index in [1.165, 1.54) is 0 Å². The van der Waals surface area contributed by atoms with Crippen molar-refractivity contribution in [2.75, 3.05) is 6.61 Å². The summed E-state index contributed by atoms with van der Waals surface area (Å²) in [6.07, 6.45) is -1.58. The topological polar surface area (TPSA) is 43.4 Å². The zero-order chi connectivity index (χ0) is 13.3. The third kappa shape index (κ3) is 8.71. The van der Waals surface area contributed by atoms with Gasteiger partial charge in [0.1, 0.15) is 5.78 Å². The summed E-state index contributed by atoms with van der Waals surface area (Å²) in [4.78, 5) is 21.5. The molecule has 0 aromatic carbocycles. The van der Waals surface area contributed by atoms with Gasteiger partial charge >= 0.3 is 12.1 Å². The molecule has 0 radical (unpaired) electrons. The molecule has 0 aromatic rings. The first-order valence-corrected chi connectivity index (χ1v) is 5.63. The van der Waals surface area contributed by atoms with E-state index < -0.39 is 12.1 Å². The van der Waals surface area contributed by atoms with E-state index in [0.717, 1.165) is 12.8 Å². The number of hydrogen-bond acceptors (Lipinski definition) is 3. The monoisotopic (exact) mass is 254 g/mol. The highest BCUT2D eigenvalue weighted by atomic mass is 19.4. The molecular formula is C11H17F3O3. The maximum atomic E-state index is 11.7. The largest absolute Gasteiger partial charge is 0.490 e. The Bertz CT molecular complexity index is 249. The van der Waals surface area contributed by atoms with Gasteiger partial charge in [0, 0.05) is 12.8 Å². The SMILES string of the molecule is CCCCC(=O)CCCCOC(=O)C(F)(F)F. The first-order valence-electron chi connectivity index (χ1n) is 5.63. The number of halogens is 3. The van der Waals surface area contributed by atoms with Crippen molar-refractivity contribution in [1.82, 2.24) is 0 Å². The Morgan fingerprint density at radius 1 is 1.06 bits per heavy atom. The molecule has 100 valence electrons. The normalized spacial score (nSPS) is 11.3. The maximum Gasteiger partial charge on any atom is 0.490 e. The average molecular weight is 254 g/mol. The van der Waals surface area contributed by atoms with Gasteiger partial charge in [-0.3, -0.25) is 4.79 Å². The van der Waals surface area contributed by atoms with Gasteiger partial charge in [-0.25, -0.2) is 4.79 Å². The molecule has 0 unspecified atom stereocenters. The summed E-state index contributed by atoms with van der Waals surface area (Å²) in [7, 11) is 0. The van der Waals surface area contributed by atoms with Crippen LogP contribution in [0, 0.1) is 0 Å². The van der Waals surface area contributed by atoms with Gasteiger partial charge in [0.25, 0.3) is 0 Å². The molecule has 3 nitrogen and oxygen atoms in total. The fraction of sp³-hybridized carbons (Fsp3) is 0.818. The Kier molecular flexibility index (Phi) is 7.58. The van der Waals surface area contributed by atoms with Crippen molar-refractivity contribution in [2.24, 2.45) is 0 Å². The molecule has 0 aliphatic carbocycles. The molecular weight excluding hydrogens is 237 g/mol. The molecule has 0 spiro atoms. The maximum absolute atomic E-state index is 11.7. The van der Waals surface area contributed by atoms with E-state index in [0.29, 0.717) is 19.3 Å². The predicted molar refractivity (Wildman–Crippen MR) is 55.4 cm³/mol. The van der Waals surface area contributed by atoms with Gasteiger partial charge in [-0.15, -0.1) is 0 Å². The molecule has 0 heterocycles. The number of alkyl halides is 3. The predicted octanol–water partition coefficient (Wildman–Crippen LogP) is 3.02. The lowest BCUT2D eigenvalue weighted by Gasteiger charge is -2.06. The smallest absolute Gasteiger partial charge is 0.459 e. The summed E-state index contributed by atoms with van der Waals surface area (Å²) in [6.45, 7) is 1.68. The van der Waals surface area contributed by atoms with Crippen LogP contribution in [0.25, 0.3) is 0 Å². The van der Waals surface area contributed by atoms with Crippen LogP contribution >= 0.6 is 0 Å². The van der Waals surface area contributed by atoms with Gasteiger partial charge in [-0.1, -0.05) is 13.3 Å². The van der Waals surface area contributed by atoms with Crippen LogP contribution in [0.2, 0.25) is 0 Å². The Morgan fingerprint density at radius 2 is 1.65 bits per heavy atom. The summed E-state index contributed by atoms with van der Waals surface area (Å²) in [5.41, 5.74) is 0. The molecule has 0 aliphatic rings. The number of carbonyl (C=O) groups excluding carboxylic acids is 2. The number of esters is 1. The van der Waals surface area contributed by atoms with E-state index in [9.17, 15) is 22.8 Å². The van der Waals surface area contributed by atoms with Crippen molar-refractivity contribution in [2.45, 2.75) is 51.6 Å². The van der Waals surface area contributed by atoms with Crippen molar-refractivity contribution in [3.05, 3.63) is 0 Å². The van der Waals surface area contributed by atoms with Gasteiger partial charge < -0.3 is 4.74 Å². The summed E-state index contributed by atoms with van der Waals surface area (Å²) in [6, 6.07) is 0. The first kappa shape index (κ1) is 15.9. The van der Waals surface area contributed by atoms with E-state index in [1.807, 2.05) is 6.92 Å². The number of hydrogen-bond donors (Lipinski definition) is 0. The van der Waals surface area contributed by atoms with E-state index in [-0.39, 0.29) is 18.8 Å². The third-order valence-corrected chi connectivity index (χ3v) is 2.12. The van der Waals surface area contributed by atoms with Gasteiger partial charge in [0.05, 0.1) is 6.61 Å². The van der Waals surface area contributed by atoms with E-state index in [4.69, 9.17) is 0 Å². The minimum absolute atomic E-state index is 0.106. The number of rotatable bonds is 8. The fourth-order valence-electron chi connectivity index (χ4n) is 1.17. The third-order valence-electron chi connectivity index (χ3n) is 2.12. The average Bonchev–Trinajstić information content (AvgIpc) is 2.24. The van der Waals surface area contributed by atoms with Crippen molar-refractivity contribution in [3.8, 4) is 0 Å². The lowest BCUT2D eigenvalue weighted by molar-refractivity contribution is -0.199. The molecule has 0 amide bonds. The Labute approximate surface area is 98.3 Å². The van der Waals surface area contributed by atoms with E-state index in [1.54, 1.807) is 0 Å². The highest BCUT2D eigenvalue weighted by molar-refractivity contribution is 5.78. The molecule has 0 fully saturated rings. The quantitative estimate of drug-likeness (QED) is 0.494. The van der Waals surface area contributed by atoms with E-state index >= 15 is 0 Å². The fourth-order valence-corrected chi connectivity index (χ4v) is 1.17. The molecule has 17 heavy (non-hydrogen) atoms.